The smallest absolute Gasteiger partial charge is 0.352 e. The summed E-state index contributed by atoms with van der Waals surface area (Å²) in [5.41, 5.74) is 0.527. The second-order valence-electron chi connectivity index (χ2n) is 5.89. The Hall–Kier alpha value is -3.12. The van der Waals surface area contributed by atoms with Crippen molar-refractivity contribution in [3.63, 3.8) is 0 Å². The maximum atomic E-state index is 12.8. The minimum Gasteiger partial charge on any atom is -0.386 e. The highest BCUT2D eigenvalue weighted by Gasteiger charge is 2.27. The van der Waals surface area contributed by atoms with Gasteiger partial charge in [-0.3, -0.25) is 0 Å². The first kappa shape index (κ1) is 16.7. The highest BCUT2D eigenvalue weighted by molar-refractivity contribution is 5.30. The molecule has 0 unspecified atom stereocenters. The number of nitrogens with one attached hydrogen (secondary N) is 1. The predicted molar refractivity (Wildman–Crippen MR) is 95.9 cm³/mol. The zero-order valence-electron chi connectivity index (χ0n) is 13.8. The Morgan fingerprint density at radius 3 is 2.16 bits per heavy atom. The number of H-pyrrole nitrogens is 1. The molecular formula is C19H19N3O3. The third-order valence-electron chi connectivity index (χ3n) is 4.05. The van der Waals surface area contributed by atoms with E-state index in [1.807, 2.05) is 6.07 Å². The number of nitrogens with zero attached hydrogens (tertiary/aromatic N) is 2. The molecule has 6 heteroatoms. The van der Waals surface area contributed by atoms with Gasteiger partial charge in [-0.05, 0) is 24.6 Å². The van der Waals surface area contributed by atoms with E-state index in [9.17, 15) is 14.7 Å². The van der Waals surface area contributed by atoms with Crippen molar-refractivity contribution in [2.45, 2.75) is 19.1 Å². The van der Waals surface area contributed by atoms with Crippen LogP contribution in [0.2, 0.25) is 0 Å². The summed E-state index contributed by atoms with van der Waals surface area (Å²) in [5.74, 6) is 0. The molecule has 0 saturated carbocycles. The summed E-state index contributed by atoms with van der Waals surface area (Å²) < 4.78 is 2.17. The maximum absolute atomic E-state index is 12.8. The molecule has 2 N–H and O–H groups in total. The molecule has 128 valence electrons. The van der Waals surface area contributed by atoms with E-state index in [2.05, 4.69) is 11.7 Å². The van der Waals surface area contributed by atoms with Crippen molar-refractivity contribution in [1.29, 1.82) is 0 Å². The van der Waals surface area contributed by atoms with Crippen molar-refractivity contribution in [2.24, 2.45) is 0 Å². The van der Waals surface area contributed by atoms with Crippen LogP contribution in [0.3, 0.4) is 0 Å². The fourth-order valence-corrected chi connectivity index (χ4v) is 2.85. The molecule has 0 fully saturated rings. The van der Waals surface area contributed by atoms with Crippen LogP contribution in [0.1, 0.15) is 24.6 Å². The Morgan fingerprint density at radius 2 is 1.60 bits per heavy atom. The molecule has 0 amide bonds. The third kappa shape index (κ3) is 3.12. The molecule has 2 atom stereocenters. The van der Waals surface area contributed by atoms with E-state index in [0.717, 1.165) is 9.25 Å². The van der Waals surface area contributed by atoms with E-state index >= 15 is 0 Å². The van der Waals surface area contributed by atoms with Gasteiger partial charge in [0.25, 0.3) is 0 Å². The Morgan fingerprint density at radius 1 is 1.04 bits per heavy atom. The van der Waals surface area contributed by atoms with Gasteiger partial charge >= 0.3 is 11.4 Å². The van der Waals surface area contributed by atoms with Gasteiger partial charge in [0.1, 0.15) is 12.1 Å². The number of aliphatic hydroxyl groups is 1. The molecule has 0 aliphatic rings. The van der Waals surface area contributed by atoms with E-state index in [4.69, 9.17) is 0 Å². The van der Waals surface area contributed by atoms with Gasteiger partial charge in [-0.25, -0.2) is 23.9 Å². The average molecular weight is 337 g/mol. The van der Waals surface area contributed by atoms with Crippen LogP contribution in [0.15, 0.2) is 82.4 Å². The lowest BCUT2D eigenvalue weighted by Gasteiger charge is -2.23. The Bertz CT molecular complexity index is 984. The number of hydrogen-bond donors (Lipinski definition) is 2. The van der Waals surface area contributed by atoms with E-state index in [0.29, 0.717) is 16.8 Å². The molecule has 0 aliphatic heterocycles. The van der Waals surface area contributed by atoms with Crippen molar-refractivity contribution in [3.05, 3.63) is 99.3 Å². The van der Waals surface area contributed by atoms with Gasteiger partial charge < -0.3 is 5.11 Å². The molecule has 3 rings (SSSR count). The fourth-order valence-electron chi connectivity index (χ4n) is 2.85. The molecule has 6 nitrogen and oxygen atoms in total. The number of rotatable bonds is 5. The van der Waals surface area contributed by atoms with Gasteiger partial charge in [-0.15, -0.1) is 0 Å². The Balaban J connectivity index is 2.12. The second-order valence-corrected chi connectivity index (χ2v) is 5.89. The van der Waals surface area contributed by atoms with Crippen molar-refractivity contribution >= 4 is 0 Å². The quantitative estimate of drug-likeness (QED) is 0.700. The molecular weight excluding hydrogens is 318 g/mol. The van der Waals surface area contributed by atoms with Gasteiger partial charge in [-0.1, -0.05) is 60.7 Å². The molecule has 3 aromatic rings. The summed E-state index contributed by atoms with van der Waals surface area (Å²) in [5, 5.41) is 13.3. The normalized spacial score (nSPS) is 13.4. The lowest BCUT2D eigenvalue weighted by Crippen LogP contribution is -2.32. The van der Waals surface area contributed by atoms with Crippen LogP contribution in [-0.2, 0) is 0 Å². The number of para-hydroxylation sites is 1. The van der Waals surface area contributed by atoms with Crippen LogP contribution in [0.5, 0.6) is 0 Å². The lowest BCUT2D eigenvalue weighted by atomic mass is 9.98. The minimum absolute atomic E-state index is 0.460. The zero-order valence-corrected chi connectivity index (χ0v) is 13.8. The predicted octanol–water partition coefficient (Wildman–Crippen LogP) is 2.18. The largest absolute Gasteiger partial charge is 0.386 e. The summed E-state index contributed by atoms with van der Waals surface area (Å²) in [6.45, 7) is 5.59. The lowest BCUT2D eigenvalue weighted by molar-refractivity contribution is 0.121. The van der Waals surface area contributed by atoms with Gasteiger partial charge in [0.05, 0.1) is 5.69 Å². The van der Waals surface area contributed by atoms with E-state index < -0.39 is 23.5 Å². The molecule has 0 radical (unpaired) electrons. The zero-order chi connectivity index (χ0) is 18.0. The van der Waals surface area contributed by atoms with Crippen LogP contribution in [0, 0.1) is 0 Å². The van der Waals surface area contributed by atoms with Gasteiger partial charge in [0.2, 0.25) is 0 Å². The van der Waals surface area contributed by atoms with Crippen LogP contribution in [0.4, 0.5) is 0 Å². The molecule has 0 saturated heterocycles. The molecule has 1 heterocycles. The van der Waals surface area contributed by atoms with Crippen molar-refractivity contribution in [3.8, 4) is 5.69 Å². The summed E-state index contributed by atoms with van der Waals surface area (Å²) >= 11 is 0. The molecule has 0 aliphatic carbocycles. The van der Waals surface area contributed by atoms with Gasteiger partial charge in [0.15, 0.2) is 0 Å². The van der Waals surface area contributed by atoms with Crippen molar-refractivity contribution in [2.75, 3.05) is 0 Å². The molecule has 0 spiro atoms. The van der Waals surface area contributed by atoms with Gasteiger partial charge in [0, 0.05) is 0 Å². The van der Waals surface area contributed by atoms with Crippen LogP contribution >= 0.6 is 0 Å². The number of aromatic amines is 1. The molecule has 0 bridgehead atoms. The number of benzene rings is 2. The van der Waals surface area contributed by atoms with Crippen molar-refractivity contribution < 1.29 is 5.11 Å². The maximum Gasteiger partial charge on any atom is 0.352 e. The first-order valence-electron chi connectivity index (χ1n) is 7.88. The summed E-state index contributed by atoms with van der Waals surface area (Å²) in [6, 6.07) is 16.8. The summed E-state index contributed by atoms with van der Waals surface area (Å²) in [4.78, 5) is 25.1. The highest BCUT2D eigenvalue weighted by Crippen LogP contribution is 2.29. The monoisotopic (exact) mass is 337 g/mol. The van der Waals surface area contributed by atoms with E-state index in [1.54, 1.807) is 61.5 Å². The third-order valence-corrected chi connectivity index (χ3v) is 4.05. The van der Waals surface area contributed by atoms with E-state index in [1.165, 1.54) is 0 Å². The number of aromatic nitrogens is 3. The Labute approximate surface area is 144 Å². The highest BCUT2D eigenvalue weighted by atomic mass is 16.3. The van der Waals surface area contributed by atoms with Crippen LogP contribution in [0.25, 0.3) is 5.69 Å². The average Bonchev–Trinajstić information content (AvgIpc) is 2.90. The van der Waals surface area contributed by atoms with Crippen LogP contribution in [-0.4, -0.2) is 19.5 Å². The summed E-state index contributed by atoms with van der Waals surface area (Å²) in [6.07, 6.45) is -1.02. The van der Waals surface area contributed by atoms with Crippen LogP contribution < -0.4 is 11.4 Å². The summed E-state index contributed by atoms with van der Waals surface area (Å²) in [7, 11) is 0. The van der Waals surface area contributed by atoms with Gasteiger partial charge in [-0.2, -0.15) is 0 Å². The molecule has 1 aromatic heterocycles. The topological polar surface area (TPSA) is 80.0 Å². The fraction of sp³-hybridized carbons (Fsp3) is 0.158. The second kappa shape index (κ2) is 6.78. The Kier molecular flexibility index (Phi) is 4.54. The number of aliphatic hydroxyl groups excluding tert-OH is 1. The first-order chi connectivity index (χ1) is 12.0. The minimum atomic E-state index is -1.02. The number of hydrogen-bond acceptors (Lipinski definition) is 3. The van der Waals surface area contributed by atoms with E-state index in [-0.39, 0.29) is 0 Å². The first-order valence-corrected chi connectivity index (χ1v) is 7.88. The molecule has 25 heavy (non-hydrogen) atoms. The SMILES string of the molecule is C=C(C)[C@@H]([C@@H](O)c1ccccc1)n1[nH]c(=O)n(-c2ccccc2)c1=O. The van der Waals surface area contributed by atoms with Crippen molar-refractivity contribution in [1.82, 2.24) is 14.3 Å². The molecule has 2 aromatic carbocycles. The standard InChI is InChI=1S/C19H19N3O3/c1-13(2)16(17(23)14-9-5-3-6-10-14)22-19(25)21(18(24)20-22)15-11-7-4-8-12-15/h3-12,16-17,23H,1H2,2H3,(H,20,24)/t16-,17-/m0/s1.